The third-order valence-corrected chi connectivity index (χ3v) is 5.50. The van der Waals surface area contributed by atoms with Crippen LogP contribution in [0.1, 0.15) is 16.7 Å². The average molecular weight is 499 g/mol. The van der Waals surface area contributed by atoms with Crippen LogP contribution in [0.2, 0.25) is 5.02 Å². The molecule has 0 radical (unpaired) electrons. The highest BCUT2D eigenvalue weighted by Gasteiger charge is 2.16. The van der Waals surface area contributed by atoms with Crippen molar-refractivity contribution in [2.75, 3.05) is 13.9 Å². The highest BCUT2D eigenvalue weighted by molar-refractivity contribution is 9.10. The Bertz CT molecular complexity index is 1190. The van der Waals surface area contributed by atoms with Crippen molar-refractivity contribution in [1.29, 1.82) is 5.26 Å². The fourth-order valence-electron chi connectivity index (χ4n) is 3.11. The minimum atomic E-state index is 0.187. The van der Waals surface area contributed by atoms with Crippen molar-refractivity contribution in [2.24, 2.45) is 0 Å². The molecule has 0 aliphatic carbocycles. The van der Waals surface area contributed by atoms with E-state index >= 15 is 0 Å². The summed E-state index contributed by atoms with van der Waals surface area (Å²) in [5.74, 6) is 2.43. The van der Waals surface area contributed by atoms with E-state index in [1.165, 1.54) is 0 Å². The fourth-order valence-corrected chi connectivity index (χ4v) is 3.81. The van der Waals surface area contributed by atoms with Crippen LogP contribution in [0.3, 0.4) is 0 Å². The van der Waals surface area contributed by atoms with E-state index in [1.54, 1.807) is 25.3 Å². The molecule has 1 aliphatic heterocycles. The molecule has 0 aromatic heterocycles. The maximum Gasteiger partial charge on any atom is 0.231 e. The van der Waals surface area contributed by atoms with Gasteiger partial charge in [-0.2, -0.15) is 5.26 Å². The topological polar surface area (TPSA) is 60.7 Å². The van der Waals surface area contributed by atoms with Crippen molar-refractivity contribution < 1.29 is 18.9 Å². The van der Waals surface area contributed by atoms with Crippen LogP contribution in [-0.4, -0.2) is 13.9 Å². The Balaban J connectivity index is 1.60. The molecule has 1 aliphatic rings. The van der Waals surface area contributed by atoms with Gasteiger partial charge in [-0.05, 0) is 81.2 Å². The van der Waals surface area contributed by atoms with Gasteiger partial charge in [0.15, 0.2) is 23.0 Å². The molecular formula is C24H17BrClNO4. The number of fused-ring (bicyclic) bond motifs is 1. The first kappa shape index (κ1) is 21.1. The molecule has 0 atom stereocenters. The van der Waals surface area contributed by atoms with Gasteiger partial charge in [0.05, 0.1) is 23.2 Å². The van der Waals surface area contributed by atoms with Crippen LogP contribution in [0.4, 0.5) is 0 Å². The molecule has 0 fully saturated rings. The number of ether oxygens (including phenoxy) is 4. The summed E-state index contributed by atoms with van der Waals surface area (Å²) >= 11 is 9.49. The van der Waals surface area contributed by atoms with Crippen LogP contribution in [0.5, 0.6) is 23.0 Å². The van der Waals surface area contributed by atoms with Gasteiger partial charge in [0.1, 0.15) is 6.61 Å². The summed E-state index contributed by atoms with van der Waals surface area (Å²) in [7, 11) is 1.58. The number of allylic oxidation sites excluding steroid dienone is 1. The zero-order chi connectivity index (χ0) is 21.8. The highest BCUT2D eigenvalue weighted by atomic mass is 79.9. The molecule has 156 valence electrons. The Morgan fingerprint density at radius 1 is 1.13 bits per heavy atom. The van der Waals surface area contributed by atoms with Gasteiger partial charge < -0.3 is 18.9 Å². The molecule has 0 bridgehead atoms. The van der Waals surface area contributed by atoms with Gasteiger partial charge in [0.2, 0.25) is 6.79 Å². The van der Waals surface area contributed by atoms with E-state index in [1.807, 2.05) is 42.5 Å². The van der Waals surface area contributed by atoms with Crippen molar-refractivity contribution in [3.63, 3.8) is 0 Å². The van der Waals surface area contributed by atoms with E-state index in [-0.39, 0.29) is 6.79 Å². The van der Waals surface area contributed by atoms with Crippen LogP contribution in [0, 0.1) is 11.3 Å². The van der Waals surface area contributed by atoms with Gasteiger partial charge in [0.25, 0.3) is 0 Å². The SMILES string of the molecule is COc1cc(/C=C(/C#N)c2ccc3c(c2)OCO3)cc(Br)c1OCc1ccc(Cl)cc1. The number of hydrogen-bond donors (Lipinski definition) is 0. The second-order valence-corrected chi connectivity index (χ2v) is 7.98. The van der Waals surface area contributed by atoms with Crippen LogP contribution in [-0.2, 0) is 6.61 Å². The summed E-state index contributed by atoms with van der Waals surface area (Å²) in [5.41, 5.74) is 3.00. The third-order valence-electron chi connectivity index (χ3n) is 4.66. The lowest BCUT2D eigenvalue weighted by Gasteiger charge is -2.14. The van der Waals surface area contributed by atoms with Crippen molar-refractivity contribution in [3.8, 4) is 29.1 Å². The summed E-state index contributed by atoms with van der Waals surface area (Å²) in [4.78, 5) is 0. The molecule has 31 heavy (non-hydrogen) atoms. The normalized spacial score (nSPS) is 12.4. The first-order valence-electron chi connectivity index (χ1n) is 9.34. The molecule has 0 unspecified atom stereocenters. The molecule has 0 amide bonds. The lowest BCUT2D eigenvalue weighted by Crippen LogP contribution is -1.99. The Morgan fingerprint density at radius 3 is 2.65 bits per heavy atom. The standard InChI is InChI=1S/C24H17BrClNO4/c1-28-23-10-16(8-18(12-27)17-4-7-21-22(11-17)31-14-30-21)9-20(25)24(23)29-13-15-2-5-19(26)6-3-15/h2-11H,13-14H2,1H3/b18-8-. The molecule has 0 spiro atoms. The smallest absolute Gasteiger partial charge is 0.231 e. The van der Waals surface area contributed by atoms with Gasteiger partial charge in [-0.15, -0.1) is 0 Å². The lowest BCUT2D eigenvalue weighted by molar-refractivity contribution is 0.174. The number of halogens is 2. The van der Waals surface area contributed by atoms with E-state index < -0.39 is 0 Å². The minimum Gasteiger partial charge on any atom is -0.493 e. The monoisotopic (exact) mass is 497 g/mol. The molecular weight excluding hydrogens is 482 g/mol. The van der Waals surface area contributed by atoms with Crippen LogP contribution in [0.15, 0.2) is 59.1 Å². The summed E-state index contributed by atoms with van der Waals surface area (Å²) in [6.07, 6.45) is 1.79. The lowest BCUT2D eigenvalue weighted by atomic mass is 10.0. The minimum absolute atomic E-state index is 0.187. The molecule has 1 heterocycles. The maximum atomic E-state index is 9.70. The van der Waals surface area contributed by atoms with Crippen molar-refractivity contribution in [1.82, 2.24) is 0 Å². The summed E-state index contributed by atoms with van der Waals surface area (Å²) in [6, 6.07) is 18.8. The summed E-state index contributed by atoms with van der Waals surface area (Å²) < 4.78 is 23.0. The predicted molar refractivity (Wildman–Crippen MR) is 123 cm³/mol. The van der Waals surface area contributed by atoms with Crippen molar-refractivity contribution in [3.05, 3.63) is 80.8 Å². The van der Waals surface area contributed by atoms with E-state index in [2.05, 4.69) is 22.0 Å². The number of hydrogen-bond acceptors (Lipinski definition) is 5. The van der Waals surface area contributed by atoms with Crippen molar-refractivity contribution >= 4 is 39.2 Å². The summed E-state index contributed by atoms with van der Waals surface area (Å²) in [6.45, 7) is 0.550. The number of nitrogens with zero attached hydrogens (tertiary/aromatic N) is 1. The summed E-state index contributed by atoms with van der Waals surface area (Å²) in [5, 5.41) is 10.4. The van der Waals surface area contributed by atoms with Crippen molar-refractivity contribution in [2.45, 2.75) is 6.61 Å². The zero-order valence-corrected chi connectivity index (χ0v) is 18.9. The molecule has 0 saturated heterocycles. The zero-order valence-electron chi connectivity index (χ0n) is 16.5. The maximum absolute atomic E-state index is 9.70. The van der Waals surface area contributed by atoms with Gasteiger partial charge in [0, 0.05) is 5.02 Å². The first-order valence-corrected chi connectivity index (χ1v) is 10.5. The molecule has 3 aromatic rings. The second kappa shape index (κ2) is 9.34. The molecule has 7 heteroatoms. The Labute approximate surface area is 193 Å². The van der Waals surface area contributed by atoms with Gasteiger partial charge in [-0.1, -0.05) is 23.7 Å². The van der Waals surface area contributed by atoms with Gasteiger partial charge in [-0.3, -0.25) is 0 Å². The number of nitriles is 1. The molecule has 4 rings (SSSR count). The number of benzene rings is 3. The molecule has 5 nitrogen and oxygen atoms in total. The van der Waals surface area contributed by atoms with Crippen LogP contribution in [0.25, 0.3) is 11.6 Å². The quantitative estimate of drug-likeness (QED) is 0.287. The largest absolute Gasteiger partial charge is 0.493 e. The Morgan fingerprint density at radius 2 is 1.90 bits per heavy atom. The van der Waals surface area contributed by atoms with Gasteiger partial charge >= 0.3 is 0 Å². The third kappa shape index (κ3) is 4.79. The second-order valence-electron chi connectivity index (χ2n) is 6.69. The van der Waals surface area contributed by atoms with Crippen LogP contribution < -0.4 is 18.9 Å². The predicted octanol–water partition coefficient (Wildman–Crippen LogP) is 6.48. The molecule has 3 aromatic carbocycles. The fraction of sp³-hybridized carbons (Fsp3) is 0.125. The number of methoxy groups -OCH3 is 1. The number of rotatable bonds is 6. The van der Waals surface area contributed by atoms with Crippen LogP contribution >= 0.6 is 27.5 Å². The highest BCUT2D eigenvalue weighted by Crippen LogP contribution is 2.39. The molecule has 0 N–H and O–H groups in total. The Kier molecular flexibility index (Phi) is 6.36. The average Bonchev–Trinajstić information content (AvgIpc) is 3.25. The van der Waals surface area contributed by atoms with E-state index in [9.17, 15) is 5.26 Å². The molecule has 0 saturated carbocycles. The van der Waals surface area contributed by atoms with Gasteiger partial charge in [-0.25, -0.2) is 0 Å². The first-order chi connectivity index (χ1) is 15.1. The van der Waals surface area contributed by atoms with E-state index in [0.29, 0.717) is 40.2 Å². The van der Waals surface area contributed by atoms with E-state index in [4.69, 9.17) is 30.5 Å². The Hall–Kier alpha value is -3.14. The van der Waals surface area contributed by atoms with E-state index in [0.717, 1.165) is 21.2 Å².